The molecule has 0 saturated heterocycles. The third-order valence-corrected chi connectivity index (χ3v) is 13.6. The molecule has 0 aliphatic heterocycles. The Morgan fingerprint density at radius 3 is 2.24 bits per heavy atom. The lowest BCUT2D eigenvalue weighted by Gasteiger charge is -2.72. The van der Waals surface area contributed by atoms with Crippen molar-refractivity contribution in [1.29, 1.82) is 0 Å². The summed E-state index contributed by atoms with van der Waals surface area (Å²) in [5.74, 6) is 2.35. The van der Waals surface area contributed by atoms with Gasteiger partial charge in [0, 0.05) is 17.4 Å². The molecule has 4 nitrogen and oxygen atoms in total. The molecule has 4 heteroatoms. The zero-order valence-electron chi connectivity index (χ0n) is 22.5. The molecule has 4 fully saturated rings. The van der Waals surface area contributed by atoms with E-state index in [1.165, 1.54) is 6.42 Å². The third kappa shape index (κ3) is 2.86. The van der Waals surface area contributed by atoms with E-state index in [2.05, 4.69) is 40.7 Å². The maximum absolute atomic E-state index is 11.0. The summed E-state index contributed by atoms with van der Waals surface area (Å²) in [5, 5.41) is 43.0. The van der Waals surface area contributed by atoms with Crippen LogP contribution < -0.4 is 0 Å². The average Bonchev–Trinajstić information content (AvgIpc) is 2.80. The Kier molecular flexibility index (Phi) is 5.78. The van der Waals surface area contributed by atoms with Gasteiger partial charge in [-0.2, -0.15) is 0 Å². The Hall–Kier alpha value is -0.420. The molecule has 0 heterocycles. The first-order valence-electron chi connectivity index (χ1n) is 14.1. The molecule has 0 amide bonds. The van der Waals surface area contributed by atoms with Crippen LogP contribution in [0.3, 0.4) is 0 Å². The van der Waals surface area contributed by atoms with Crippen LogP contribution in [0, 0.1) is 56.7 Å². The van der Waals surface area contributed by atoms with Gasteiger partial charge in [-0.25, -0.2) is 0 Å². The molecule has 0 unspecified atom stereocenters. The van der Waals surface area contributed by atoms with Crippen LogP contribution in [0.1, 0.15) is 92.9 Å². The molecule has 5 aliphatic carbocycles. The molecule has 12 atom stereocenters. The van der Waals surface area contributed by atoms with E-state index < -0.39 is 17.6 Å². The number of rotatable bonds is 2. The Balaban J connectivity index is 1.61. The van der Waals surface area contributed by atoms with E-state index in [9.17, 15) is 20.4 Å². The minimum Gasteiger partial charge on any atom is -0.396 e. The van der Waals surface area contributed by atoms with Gasteiger partial charge in [-0.05, 0) is 97.2 Å². The van der Waals surface area contributed by atoms with Gasteiger partial charge < -0.3 is 20.4 Å². The maximum Gasteiger partial charge on any atom is 0.0877 e. The standard InChI is InChI=1S/C30H50O4/c1-18-9-12-30(17-32)14-13-28(5)20(24(30)19(18)2)7-8-23-26(3)15-21(33)25(34)27(4,16-31)22(26)10-11-29(23,28)6/h7,18-19,21-25,31-34H,8-17H2,1-6H3/t18-,19+,21-,22-,23-,24+,25+,26+,27+,28-,29-,30-/m1/s1. The molecule has 0 spiro atoms. The molecular formula is C30H50O4. The Morgan fingerprint density at radius 2 is 1.59 bits per heavy atom. The normalized spacial score (nSPS) is 59.2. The number of aliphatic hydroxyl groups is 4. The Morgan fingerprint density at radius 1 is 0.882 bits per heavy atom. The zero-order valence-corrected chi connectivity index (χ0v) is 22.5. The third-order valence-electron chi connectivity index (χ3n) is 13.6. The van der Waals surface area contributed by atoms with Crippen molar-refractivity contribution in [3.05, 3.63) is 11.6 Å². The average molecular weight is 475 g/mol. The van der Waals surface area contributed by atoms with Crippen LogP contribution in [-0.2, 0) is 0 Å². The van der Waals surface area contributed by atoms with Gasteiger partial charge >= 0.3 is 0 Å². The SMILES string of the molecule is C[C@H]1[C@H](C)CC[C@]2(CO)CC[C@]3(C)C(=CC[C@@H]4[C@@]5(C)C[C@@H](O)[C@H](O)[C@@](C)(CO)[C@@H]5CC[C@]43C)[C@H]12. The summed E-state index contributed by atoms with van der Waals surface area (Å²) in [7, 11) is 0. The van der Waals surface area contributed by atoms with Gasteiger partial charge in [0.05, 0.1) is 18.8 Å². The molecule has 4 N–H and O–H groups in total. The summed E-state index contributed by atoms with van der Waals surface area (Å²) < 4.78 is 0. The van der Waals surface area contributed by atoms with Crippen molar-refractivity contribution in [2.24, 2.45) is 56.7 Å². The summed E-state index contributed by atoms with van der Waals surface area (Å²) in [6.45, 7) is 14.5. The maximum atomic E-state index is 11.0. The molecule has 0 radical (unpaired) electrons. The first-order chi connectivity index (χ1) is 15.8. The molecule has 34 heavy (non-hydrogen) atoms. The largest absolute Gasteiger partial charge is 0.396 e. The van der Waals surface area contributed by atoms with Crippen molar-refractivity contribution in [3.8, 4) is 0 Å². The molecule has 0 bridgehead atoms. The fourth-order valence-corrected chi connectivity index (χ4v) is 11.1. The van der Waals surface area contributed by atoms with Gasteiger partial charge in [0.1, 0.15) is 0 Å². The second-order valence-electron chi connectivity index (χ2n) is 14.5. The fraction of sp³-hybridized carbons (Fsp3) is 0.933. The van der Waals surface area contributed by atoms with Gasteiger partial charge in [-0.1, -0.05) is 53.2 Å². The number of hydrogen-bond acceptors (Lipinski definition) is 4. The highest BCUT2D eigenvalue weighted by Gasteiger charge is 2.69. The minimum absolute atomic E-state index is 0.0438. The summed E-state index contributed by atoms with van der Waals surface area (Å²) in [4.78, 5) is 0. The number of hydrogen-bond donors (Lipinski definition) is 4. The summed E-state index contributed by atoms with van der Waals surface area (Å²) in [5.41, 5.74) is 1.10. The summed E-state index contributed by atoms with van der Waals surface area (Å²) >= 11 is 0. The van der Waals surface area contributed by atoms with Crippen LogP contribution in [0.2, 0.25) is 0 Å². The molecule has 5 rings (SSSR count). The van der Waals surface area contributed by atoms with E-state index in [1.807, 2.05) is 6.92 Å². The van der Waals surface area contributed by atoms with E-state index in [0.717, 1.165) is 38.5 Å². The molecular weight excluding hydrogens is 424 g/mol. The lowest BCUT2D eigenvalue weighted by Crippen LogP contribution is -2.68. The van der Waals surface area contributed by atoms with Gasteiger partial charge in [-0.15, -0.1) is 0 Å². The van der Waals surface area contributed by atoms with Crippen molar-refractivity contribution in [2.45, 2.75) is 105 Å². The van der Waals surface area contributed by atoms with Crippen molar-refractivity contribution >= 4 is 0 Å². The predicted octanol–water partition coefficient (Wildman–Crippen LogP) is 4.94. The van der Waals surface area contributed by atoms with Gasteiger partial charge in [-0.3, -0.25) is 0 Å². The number of fused-ring (bicyclic) bond motifs is 7. The van der Waals surface area contributed by atoms with E-state index in [0.29, 0.717) is 36.7 Å². The van der Waals surface area contributed by atoms with Crippen LogP contribution >= 0.6 is 0 Å². The summed E-state index contributed by atoms with van der Waals surface area (Å²) in [6.07, 6.45) is 9.26. The highest BCUT2D eigenvalue weighted by molar-refractivity contribution is 5.34. The molecule has 194 valence electrons. The molecule has 0 aromatic rings. The van der Waals surface area contributed by atoms with Crippen LogP contribution in [0.25, 0.3) is 0 Å². The summed E-state index contributed by atoms with van der Waals surface area (Å²) in [6, 6.07) is 0. The lowest BCUT2D eigenvalue weighted by molar-refractivity contribution is -0.244. The predicted molar refractivity (Wildman–Crippen MR) is 135 cm³/mol. The van der Waals surface area contributed by atoms with Crippen molar-refractivity contribution in [1.82, 2.24) is 0 Å². The van der Waals surface area contributed by atoms with Gasteiger partial charge in [0.15, 0.2) is 0 Å². The Bertz CT molecular complexity index is 855. The smallest absolute Gasteiger partial charge is 0.0877 e. The van der Waals surface area contributed by atoms with Crippen molar-refractivity contribution in [3.63, 3.8) is 0 Å². The monoisotopic (exact) mass is 474 g/mol. The first-order valence-corrected chi connectivity index (χ1v) is 14.1. The van der Waals surface area contributed by atoms with Crippen LogP contribution in [-0.4, -0.2) is 45.8 Å². The van der Waals surface area contributed by atoms with Crippen molar-refractivity contribution < 1.29 is 20.4 Å². The highest BCUT2D eigenvalue weighted by Crippen LogP contribution is 2.75. The van der Waals surface area contributed by atoms with Crippen LogP contribution in [0.4, 0.5) is 0 Å². The lowest BCUT2D eigenvalue weighted by atomic mass is 9.33. The van der Waals surface area contributed by atoms with E-state index >= 15 is 0 Å². The molecule has 0 aromatic heterocycles. The van der Waals surface area contributed by atoms with Crippen LogP contribution in [0.15, 0.2) is 11.6 Å². The zero-order chi connectivity index (χ0) is 24.9. The minimum atomic E-state index is -0.866. The number of aliphatic hydroxyl groups excluding tert-OH is 4. The highest BCUT2D eigenvalue weighted by atomic mass is 16.3. The quantitative estimate of drug-likeness (QED) is 0.427. The van der Waals surface area contributed by atoms with E-state index in [4.69, 9.17) is 0 Å². The van der Waals surface area contributed by atoms with E-state index in [1.54, 1.807) is 5.57 Å². The second-order valence-corrected chi connectivity index (χ2v) is 14.5. The molecule has 0 aromatic carbocycles. The first kappa shape index (κ1) is 25.2. The van der Waals surface area contributed by atoms with Gasteiger partial charge in [0.25, 0.3) is 0 Å². The topological polar surface area (TPSA) is 80.9 Å². The van der Waals surface area contributed by atoms with Gasteiger partial charge in [0.2, 0.25) is 0 Å². The molecule has 5 aliphatic rings. The van der Waals surface area contributed by atoms with E-state index in [-0.39, 0.29) is 34.2 Å². The fourth-order valence-electron chi connectivity index (χ4n) is 11.1. The van der Waals surface area contributed by atoms with Crippen LogP contribution in [0.5, 0.6) is 0 Å². The van der Waals surface area contributed by atoms with Crippen molar-refractivity contribution in [2.75, 3.05) is 13.2 Å². The Labute approximate surface area is 207 Å². The molecule has 4 saturated carbocycles. The number of allylic oxidation sites excluding steroid dienone is 2. The second kappa shape index (κ2) is 7.79.